The Balaban J connectivity index is 1.78. The van der Waals surface area contributed by atoms with Crippen molar-refractivity contribution in [2.45, 2.75) is 39.0 Å². The van der Waals surface area contributed by atoms with E-state index in [1.807, 2.05) is 50.5 Å². The van der Waals surface area contributed by atoms with Crippen LogP contribution in [0.5, 0.6) is 0 Å². The fourth-order valence-electron chi connectivity index (χ4n) is 3.00. The third-order valence-corrected chi connectivity index (χ3v) is 4.98. The van der Waals surface area contributed by atoms with Crippen molar-refractivity contribution in [3.8, 4) is 0 Å². The Morgan fingerprint density at radius 1 is 0.933 bits per heavy atom. The van der Waals surface area contributed by atoms with E-state index >= 15 is 0 Å². The zero-order chi connectivity index (χ0) is 21.9. The number of nitrogens with zero attached hydrogens (tertiary/aromatic N) is 1. The topological polar surface area (TPSA) is 61.4 Å². The molecule has 0 radical (unpaired) electrons. The fourth-order valence-corrected chi connectivity index (χ4v) is 3.21. The Morgan fingerprint density at radius 3 is 2.17 bits per heavy atom. The zero-order valence-electron chi connectivity index (χ0n) is 18.0. The number of carbonyl (C=O) groups is 2. The summed E-state index contributed by atoms with van der Waals surface area (Å²) in [6.45, 7) is 3.08. The van der Waals surface area contributed by atoms with Crippen LogP contribution in [0.2, 0.25) is 0 Å². The van der Waals surface area contributed by atoms with Gasteiger partial charge in [-0.3, -0.25) is 14.9 Å². The van der Waals surface area contributed by atoms with Crippen LogP contribution in [0, 0.1) is 0 Å². The van der Waals surface area contributed by atoms with Gasteiger partial charge >= 0.3 is 0 Å². The number of anilines is 1. The lowest BCUT2D eigenvalue weighted by Gasteiger charge is -2.11. The lowest BCUT2D eigenvalue weighted by molar-refractivity contribution is -0.118. The zero-order valence-corrected chi connectivity index (χ0v) is 18.8. The summed E-state index contributed by atoms with van der Waals surface area (Å²) in [7, 11) is 4.08. The number of amides is 1. The number of carbonyl (C=O) groups excluding carboxylic acids is 2. The van der Waals surface area contributed by atoms with Gasteiger partial charge in [0.2, 0.25) is 0 Å². The molecule has 30 heavy (non-hydrogen) atoms. The van der Waals surface area contributed by atoms with Gasteiger partial charge in [-0.25, -0.2) is 0 Å². The summed E-state index contributed by atoms with van der Waals surface area (Å²) in [6, 6.07) is 15.0. The van der Waals surface area contributed by atoms with Crippen LogP contribution in [0.25, 0.3) is 0 Å². The molecule has 1 amide bonds. The lowest BCUT2D eigenvalue weighted by Crippen LogP contribution is -2.34. The summed E-state index contributed by atoms with van der Waals surface area (Å²) in [4.78, 5) is 26.5. The predicted octanol–water partition coefficient (Wildman–Crippen LogP) is 4.22. The van der Waals surface area contributed by atoms with Crippen molar-refractivity contribution in [2.75, 3.05) is 26.0 Å². The molecule has 0 heterocycles. The van der Waals surface area contributed by atoms with Gasteiger partial charge in [-0.05, 0) is 87.5 Å². The maximum atomic E-state index is 12.3. The molecule has 0 bridgehead atoms. The highest BCUT2D eigenvalue weighted by atomic mass is 32.1. The molecule has 0 saturated carbocycles. The van der Waals surface area contributed by atoms with Gasteiger partial charge in [0.25, 0.3) is 5.91 Å². The first kappa shape index (κ1) is 23.7. The Kier molecular flexibility index (Phi) is 9.64. The molecule has 0 unspecified atom stereocenters. The molecule has 2 rings (SSSR count). The SMILES string of the molecule is CCc1ccc(C(=O)NC(=S)Nc2ccc(CC(=O)CCCCN(C)C)cc2)cc1. The molecule has 0 aliphatic rings. The first-order valence-corrected chi connectivity index (χ1v) is 10.7. The second-order valence-electron chi connectivity index (χ2n) is 7.63. The number of ketones is 1. The van der Waals surface area contributed by atoms with E-state index in [1.165, 1.54) is 5.56 Å². The summed E-state index contributed by atoms with van der Waals surface area (Å²) in [5, 5.41) is 5.94. The number of aryl methyl sites for hydroxylation is 1. The van der Waals surface area contributed by atoms with Crippen LogP contribution in [-0.2, 0) is 17.6 Å². The average Bonchev–Trinajstić information content (AvgIpc) is 2.72. The second-order valence-corrected chi connectivity index (χ2v) is 8.04. The Bertz CT molecular complexity index is 846. The molecule has 160 valence electrons. The van der Waals surface area contributed by atoms with Crippen molar-refractivity contribution in [3.05, 3.63) is 65.2 Å². The third-order valence-electron chi connectivity index (χ3n) is 4.78. The highest BCUT2D eigenvalue weighted by Crippen LogP contribution is 2.12. The van der Waals surface area contributed by atoms with E-state index in [-0.39, 0.29) is 16.8 Å². The molecule has 6 heteroatoms. The van der Waals surface area contributed by atoms with Gasteiger partial charge in [-0.2, -0.15) is 0 Å². The monoisotopic (exact) mass is 425 g/mol. The molecule has 0 atom stereocenters. The summed E-state index contributed by atoms with van der Waals surface area (Å²) < 4.78 is 0. The number of hydrogen-bond acceptors (Lipinski definition) is 4. The predicted molar refractivity (Wildman–Crippen MR) is 127 cm³/mol. The van der Waals surface area contributed by atoms with Crippen molar-refractivity contribution in [2.24, 2.45) is 0 Å². The molecule has 0 aliphatic carbocycles. The molecule has 0 saturated heterocycles. The van der Waals surface area contributed by atoms with Crippen molar-refractivity contribution in [1.82, 2.24) is 10.2 Å². The molecule has 0 aliphatic heterocycles. The number of thiocarbonyl (C=S) groups is 1. The van der Waals surface area contributed by atoms with Crippen molar-refractivity contribution in [1.29, 1.82) is 0 Å². The lowest BCUT2D eigenvalue weighted by atomic mass is 10.0. The highest BCUT2D eigenvalue weighted by molar-refractivity contribution is 7.80. The molecular weight excluding hydrogens is 394 g/mol. The van der Waals surface area contributed by atoms with Crippen LogP contribution in [0.4, 0.5) is 5.69 Å². The van der Waals surface area contributed by atoms with Crippen LogP contribution in [0.3, 0.4) is 0 Å². The second kappa shape index (κ2) is 12.2. The van der Waals surface area contributed by atoms with Gasteiger partial charge in [0.05, 0.1) is 0 Å². The van der Waals surface area contributed by atoms with Gasteiger partial charge in [0, 0.05) is 24.1 Å². The minimum absolute atomic E-state index is 0.240. The third kappa shape index (κ3) is 8.43. The van der Waals surface area contributed by atoms with E-state index in [2.05, 4.69) is 22.5 Å². The molecule has 2 aromatic carbocycles. The number of Topliss-reactive ketones (excluding diaryl/α,β-unsaturated/α-hetero) is 1. The summed E-state index contributed by atoms with van der Waals surface area (Å²) in [5.41, 5.74) is 3.49. The summed E-state index contributed by atoms with van der Waals surface area (Å²) in [5.74, 6) is 0.0120. The van der Waals surface area contributed by atoms with E-state index in [9.17, 15) is 9.59 Å². The van der Waals surface area contributed by atoms with Crippen molar-refractivity contribution in [3.63, 3.8) is 0 Å². The Labute approximate surface area is 184 Å². The number of benzene rings is 2. The Morgan fingerprint density at radius 2 is 1.57 bits per heavy atom. The van der Waals surface area contributed by atoms with E-state index in [0.717, 1.165) is 37.1 Å². The Hall–Kier alpha value is -2.57. The quantitative estimate of drug-likeness (QED) is 0.441. The van der Waals surface area contributed by atoms with Crippen molar-refractivity contribution >= 4 is 34.7 Å². The molecular formula is C24H31N3O2S. The molecule has 0 spiro atoms. The van der Waals surface area contributed by atoms with E-state index in [0.29, 0.717) is 18.4 Å². The standard InChI is InChI=1S/C24H31N3O2S/c1-4-18-8-12-20(13-9-18)23(29)26-24(30)25-21-14-10-19(11-15-21)17-22(28)7-5-6-16-27(2)3/h8-15H,4-7,16-17H2,1-3H3,(H2,25,26,29,30). The fraction of sp³-hybridized carbons (Fsp3) is 0.375. The average molecular weight is 426 g/mol. The number of nitrogens with one attached hydrogen (secondary N) is 2. The van der Waals surface area contributed by atoms with E-state index in [1.54, 1.807) is 12.1 Å². The molecule has 5 nitrogen and oxygen atoms in total. The van der Waals surface area contributed by atoms with Crippen LogP contribution >= 0.6 is 12.2 Å². The molecule has 0 fully saturated rings. The van der Waals surface area contributed by atoms with Gasteiger partial charge in [-0.1, -0.05) is 31.2 Å². The van der Waals surface area contributed by atoms with Gasteiger partial charge in [-0.15, -0.1) is 0 Å². The number of rotatable bonds is 10. The maximum Gasteiger partial charge on any atom is 0.257 e. The van der Waals surface area contributed by atoms with E-state index < -0.39 is 0 Å². The first-order valence-electron chi connectivity index (χ1n) is 10.3. The maximum absolute atomic E-state index is 12.3. The van der Waals surface area contributed by atoms with Gasteiger partial charge < -0.3 is 10.2 Å². The molecule has 0 aromatic heterocycles. The summed E-state index contributed by atoms with van der Waals surface area (Å²) >= 11 is 5.24. The van der Waals surface area contributed by atoms with Gasteiger partial charge in [0.1, 0.15) is 5.78 Å². The first-order chi connectivity index (χ1) is 14.4. The normalized spacial score (nSPS) is 10.7. The molecule has 2 aromatic rings. The smallest absolute Gasteiger partial charge is 0.257 e. The number of unbranched alkanes of at least 4 members (excludes halogenated alkanes) is 1. The van der Waals surface area contributed by atoms with Gasteiger partial charge in [0.15, 0.2) is 5.11 Å². The number of hydrogen-bond donors (Lipinski definition) is 2. The van der Waals surface area contributed by atoms with Crippen molar-refractivity contribution < 1.29 is 9.59 Å². The minimum atomic E-state index is -0.244. The van der Waals surface area contributed by atoms with Crippen LogP contribution < -0.4 is 10.6 Å². The molecule has 2 N–H and O–H groups in total. The van der Waals surface area contributed by atoms with Crippen LogP contribution in [-0.4, -0.2) is 42.3 Å². The summed E-state index contributed by atoms with van der Waals surface area (Å²) in [6.07, 6.45) is 3.94. The van der Waals surface area contributed by atoms with Crippen LogP contribution in [0.15, 0.2) is 48.5 Å². The highest BCUT2D eigenvalue weighted by Gasteiger charge is 2.09. The van der Waals surface area contributed by atoms with E-state index in [4.69, 9.17) is 12.2 Å². The van der Waals surface area contributed by atoms with Crippen LogP contribution in [0.1, 0.15) is 47.7 Å². The minimum Gasteiger partial charge on any atom is -0.332 e. The largest absolute Gasteiger partial charge is 0.332 e.